The lowest BCUT2D eigenvalue weighted by Gasteiger charge is -2.44. The summed E-state index contributed by atoms with van der Waals surface area (Å²) in [5.41, 5.74) is 2.95. The topological polar surface area (TPSA) is 56.5 Å². The Morgan fingerprint density at radius 1 is 1.42 bits per heavy atom. The highest BCUT2D eigenvalue weighted by atomic mass is 16.5. The molecule has 0 radical (unpaired) electrons. The van der Waals surface area contributed by atoms with Crippen molar-refractivity contribution < 1.29 is 9.47 Å². The minimum atomic E-state index is -0.0784. The molecule has 4 atom stereocenters. The minimum Gasteiger partial charge on any atom is -0.378 e. The summed E-state index contributed by atoms with van der Waals surface area (Å²) in [5.74, 6) is 6.55. The van der Waals surface area contributed by atoms with Crippen LogP contribution < -0.4 is 11.3 Å². The third-order valence-corrected chi connectivity index (χ3v) is 5.03. The second-order valence-corrected chi connectivity index (χ2v) is 6.40. The fraction of sp³-hybridized carbons (Fsp3) is 1.00. The lowest BCUT2D eigenvalue weighted by Crippen LogP contribution is -2.56. The fourth-order valence-electron chi connectivity index (χ4n) is 3.91. The number of nitrogens with two attached hydrogens (primary N) is 1. The van der Waals surface area contributed by atoms with Crippen LogP contribution in [0.25, 0.3) is 0 Å². The van der Waals surface area contributed by atoms with Gasteiger partial charge in [-0.25, -0.2) is 0 Å². The quantitative estimate of drug-likeness (QED) is 0.575. The summed E-state index contributed by atoms with van der Waals surface area (Å²) in [4.78, 5) is 0. The molecule has 3 N–H and O–H groups in total. The zero-order chi connectivity index (χ0) is 13.7. The van der Waals surface area contributed by atoms with Crippen molar-refractivity contribution in [3.8, 4) is 0 Å². The molecule has 19 heavy (non-hydrogen) atoms. The summed E-state index contributed by atoms with van der Waals surface area (Å²) < 4.78 is 11.6. The second kappa shape index (κ2) is 7.02. The first-order chi connectivity index (χ1) is 9.20. The highest BCUT2D eigenvalue weighted by molar-refractivity contribution is 4.96. The molecule has 2 rings (SSSR count). The Bertz CT molecular complexity index is 269. The van der Waals surface area contributed by atoms with Crippen molar-refractivity contribution in [3.63, 3.8) is 0 Å². The molecule has 4 unspecified atom stereocenters. The summed E-state index contributed by atoms with van der Waals surface area (Å²) in [6.45, 7) is 3.25. The number of nitrogens with one attached hydrogen (secondary N) is 1. The number of methoxy groups -OCH3 is 1. The van der Waals surface area contributed by atoms with Crippen LogP contribution in [0.1, 0.15) is 58.3 Å². The first-order valence-corrected chi connectivity index (χ1v) is 7.83. The molecule has 0 amide bonds. The monoisotopic (exact) mass is 270 g/mol. The molecule has 4 heteroatoms. The van der Waals surface area contributed by atoms with Gasteiger partial charge in [0.05, 0.1) is 17.7 Å². The van der Waals surface area contributed by atoms with Crippen LogP contribution in [0.2, 0.25) is 0 Å². The molecule has 0 bridgehead atoms. The Kier molecular flexibility index (Phi) is 5.63. The molecule has 1 aliphatic heterocycles. The molecular weight excluding hydrogens is 240 g/mol. The van der Waals surface area contributed by atoms with Crippen LogP contribution in [0.4, 0.5) is 0 Å². The van der Waals surface area contributed by atoms with E-state index in [2.05, 4.69) is 12.3 Å². The van der Waals surface area contributed by atoms with Crippen molar-refractivity contribution in [2.75, 3.05) is 13.7 Å². The maximum Gasteiger partial charge on any atom is 0.0846 e. The normalized spacial score (nSPS) is 37.4. The van der Waals surface area contributed by atoms with Crippen molar-refractivity contribution >= 4 is 0 Å². The van der Waals surface area contributed by atoms with Crippen LogP contribution >= 0.6 is 0 Å². The average molecular weight is 270 g/mol. The summed E-state index contributed by atoms with van der Waals surface area (Å²) in [5, 5.41) is 0. The molecule has 2 aliphatic rings. The molecule has 1 saturated carbocycles. The lowest BCUT2D eigenvalue weighted by molar-refractivity contribution is -0.0831. The third kappa shape index (κ3) is 3.69. The average Bonchev–Trinajstić information content (AvgIpc) is 2.92. The van der Waals surface area contributed by atoms with Crippen LogP contribution in [-0.4, -0.2) is 31.5 Å². The fourth-order valence-corrected chi connectivity index (χ4v) is 3.91. The van der Waals surface area contributed by atoms with Gasteiger partial charge >= 0.3 is 0 Å². The molecular formula is C15H30N2O2. The molecule has 0 spiro atoms. The van der Waals surface area contributed by atoms with Crippen molar-refractivity contribution in [1.82, 2.24) is 5.43 Å². The SMILES string of the molecule is COC1(C(CCC2CCCO2)NN)CCCC(C)C1. The Labute approximate surface area is 117 Å². The molecule has 4 nitrogen and oxygen atoms in total. The van der Waals surface area contributed by atoms with Gasteiger partial charge in [0.25, 0.3) is 0 Å². The van der Waals surface area contributed by atoms with E-state index in [1.165, 1.54) is 25.7 Å². The van der Waals surface area contributed by atoms with Crippen molar-refractivity contribution in [3.05, 3.63) is 0 Å². The van der Waals surface area contributed by atoms with Gasteiger partial charge in [-0.05, 0) is 44.4 Å². The van der Waals surface area contributed by atoms with Crippen LogP contribution in [0.3, 0.4) is 0 Å². The summed E-state index contributed by atoms with van der Waals surface area (Å²) in [6.07, 6.45) is 9.77. The van der Waals surface area contributed by atoms with Gasteiger partial charge in [-0.2, -0.15) is 0 Å². The predicted molar refractivity (Wildman–Crippen MR) is 76.7 cm³/mol. The van der Waals surface area contributed by atoms with Crippen molar-refractivity contribution in [1.29, 1.82) is 0 Å². The maximum absolute atomic E-state index is 5.93. The zero-order valence-corrected chi connectivity index (χ0v) is 12.5. The van der Waals surface area contributed by atoms with Crippen LogP contribution in [0.15, 0.2) is 0 Å². The Hall–Kier alpha value is -0.160. The molecule has 1 aliphatic carbocycles. The number of hydrogen-bond donors (Lipinski definition) is 2. The van der Waals surface area contributed by atoms with E-state index in [0.717, 1.165) is 38.2 Å². The van der Waals surface area contributed by atoms with E-state index in [1.54, 1.807) is 0 Å². The van der Waals surface area contributed by atoms with Gasteiger partial charge in [0.2, 0.25) is 0 Å². The first-order valence-electron chi connectivity index (χ1n) is 7.83. The highest BCUT2D eigenvalue weighted by Crippen LogP contribution is 2.38. The zero-order valence-electron chi connectivity index (χ0n) is 12.5. The largest absolute Gasteiger partial charge is 0.378 e. The molecule has 1 saturated heterocycles. The Morgan fingerprint density at radius 3 is 2.84 bits per heavy atom. The molecule has 112 valence electrons. The van der Waals surface area contributed by atoms with E-state index >= 15 is 0 Å². The standard InChI is InChI=1S/C15H30N2O2/c1-12-5-3-9-15(11-12,18-2)14(17-16)8-7-13-6-4-10-19-13/h12-14,17H,3-11,16H2,1-2H3. The first kappa shape index (κ1) is 15.2. The Balaban J connectivity index is 1.92. The maximum atomic E-state index is 5.93. The molecule has 0 aromatic heterocycles. The Morgan fingerprint density at radius 2 is 2.26 bits per heavy atom. The molecule has 0 aromatic rings. The molecule has 0 aromatic carbocycles. The highest BCUT2D eigenvalue weighted by Gasteiger charge is 2.41. The van der Waals surface area contributed by atoms with Gasteiger partial charge in [0.1, 0.15) is 0 Å². The lowest BCUT2D eigenvalue weighted by atomic mass is 9.73. The number of ether oxygens (including phenoxy) is 2. The van der Waals surface area contributed by atoms with Gasteiger partial charge in [-0.1, -0.05) is 19.8 Å². The molecule has 2 fully saturated rings. The van der Waals surface area contributed by atoms with E-state index in [0.29, 0.717) is 6.10 Å². The van der Waals surface area contributed by atoms with E-state index in [-0.39, 0.29) is 11.6 Å². The predicted octanol–water partition coefficient (Wildman–Crippen LogP) is 2.37. The van der Waals surface area contributed by atoms with Gasteiger partial charge in [-0.3, -0.25) is 11.3 Å². The van der Waals surface area contributed by atoms with Crippen LogP contribution in [-0.2, 0) is 9.47 Å². The summed E-state index contributed by atoms with van der Waals surface area (Å²) >= 11 is 0. The van der Waals surface area contributed by atoms with Gasteiger partial charge in [0.15, 0.2) is 0 Å². The van der Waals surface area contributed by atoms with Crippen molar-refractivity contribution in [2.45, 2.75) is 76.0 Å². The minimum absolute atomic E-state index is 0.0784. The van der Waals surface area contributed by atoms with Gasteiger partial charge in [-0.15, -0.1) is 0 Å². The summed E-state index contributed by atoms with van der Waals surface area (Å²) in [7, 11) is 1.84. The van der Waals surface area contributed by atoms with Crippen LogP contribution in [0.5, 0.6) is 0 Å². The van der Waals surface area contributed by atoms with Gasteiger partial charge < -0.3 is 9.47 Å². The summed E-state index contributed by atoms with van der Waals surface area (Å²) in [6, 6.07) is 0.240. The third-order valence-electron chi connectivity index (χ3n) is 5.03. The smallest absolute Gasteiger partial charge is 0.0846 e. The van der Waals surface area contributed by atoms with E-state index in [1.807, 2.05) is 7.11 Å². The van der Waals surface area contributed by atoms with E-state index in [4.69, 9.17) is 15.3 Å². The second-order valence-electron chi connectivity index (χ2n) is 6.40. The number of rotatable bonds is 6. The number of hydrazine groups is 1. The van der Waals surface area contributed by atoms with Crippen LogP contribution in [0, 0.1) is 5.92 Å². The molecule has 1 heterocycles. The van der Waals surface area contributed by atoms with E-state index < -0.39 is 0 Å². The number of hydrogen-bond acceptors (Lipinski definition) is 4. The van der Waals surface area contributed by atoms with Gasteiger partial charge in [0, 0.05) is 13.7 Å². The van der Waals surface area contributed by atoms with E-state index in [9.17, 15) is 0 Å². The van der Waals surface area contributed by atoms with Crippen molar-refractivity contribution in [2.24, 2.45) is 11.8 Å².